The molecule has 7 rings (SSSR count). The van der Waals surface area contributed by atoms with Crippen LogP contribution in [0.4, 0.5) is 16.4 Å². The van der Waals surface area contributed by atoms with Crippen molar-refractivity contribution in [2.24, 2.45) is 0 Å². The summed E-state index contributed by atoms with van der Waals surface area (Å²) in [5.41, 5.74) is 10.9. The highest BCUT2D eigenvalue weighted by Crippen LogP contribution is 2.57. The Morgan fingerprint density at radius 3 is 2.26 bits per heavy atom. The first-order valence-corrected chi connectivity index (χ1v) is 13.7. The van der Waals surface area contributed by atoms with Gasteiger partial charge in [-0.1, -0.05) is 86.6 Å². The molecular weight excluding hydrogens is 494 g/mol. The fourth-order valence-corrected chi connectivity index (χ4v) is 7.38. The summed E-state index contributed by atoms with van der Waals surface area (Å²) in [5.74, 6) is 0. The summed E-state index contributed by atoms with van der Waals surface area (Å²) in [4.78, 5) is 7.14. The Morgan fingerprint density at radius 1 is 0.795 bits per heavy atom. The van der Waals surface area contributed by atoms with E-state index in [1.165, 1.54) is 26.7 Å². The van der Waals surface area contributed by atoms with E-state index in [4.69, 9.17) is 6.57 Å². The predicted molar refractivity (Wildman–Crippen MR) is 160 cm³/mol. The number of anilines is 3. The van der Waals surface area contributed by atoms with Crippen LogP contribution in [0.5, 0.6) is 0 Å². The summed E-state index contributed by atoms with van der Waals surface area (Å²) in [6.07, 6.45) is 0. The van der Waals surface area contributed by atoms with E-state index in [0.717, 1.165) is 39.1 Å². The lowest BCUT2D eigenvalue weighted by Gasteiger charge is -2.39. The van der Waals surface area contributed by atoms with Crippen LogP contribution < -0.4 is 4.90 Å². The number of para-hydroxylation sites is 2. The largest absolute Gasteiger partial charge is 0.301 e. The molecule has 3 nitrogen and oxygen atoms in total. The van der Waals surface area contributed by atoms with Crippen molar-refractivity contribution in [1.29, 1.82) is 5.26 Å². The van der Waals surface area contributed by atoms with Crippen molar-refractivity contribution in [3.63, 3.8) is 0 Å². The van der Waals surface area contributed by atoms with Crippen molar-refractivity contribution in [2.75, 3.05) is 4.90 Å². The lowest BCUT2D eigenvalue weighted by Crippen LogP contribution is -2.29. The van der Waals surface area contributed by atoms with E-state index in [1.807, 2.05) is 29.5 Å². The van der Waals surface area contributed by atoms with Crippen LogP contribution in [0.3, 0.4) is 0 Å². The lowest BCUT2D eigenvalue weighted by atomic mass is 9.75. The van der Waals surface area contributed by atoms with E-state index < -0.39 is 0 Å². The Bertz CT molecular complexity index is 1900. The molecule has 184 valence electrons. The van der Waals surface area contributed by atoms with Gasteiger partial charge >= 0.3 is 0 Å². The first-order chi connectivity index (χ1) is 19.0. The Balaban J connectivity index is 1.44. The first kappa shape index (κ1) is 23.2. The first-order valence-electron chi connectivity index (χ1n) is 12.9. The highest BCUT2D eigenvalue weighted by atomic mass is 32.1. The number of nitriles is 1. The lowest BCUT2D eigenvalue weighted by molar-refractivity contribution is 0.635. The van der Waals surface area contributed by atoms with E-state index in [1.54, 1.807) is 0 Å². The molecule has 0 unspecified atom stereocenters. The topological polar surface area (TPSA) is 31.4 Å². The van der Waals surface area contributed by atoms with Gasteiger partial charge in [-0.25, -0.2) is 10.1 Å². The molecule has 0 saturated heterocycles. The highest BCUT2D eigenvalue weighted by Gasteiger charge is 2.38. The third-order valence-corrected chi connectivity index (χ3v) is 9.11. The summed E-state index contributed by atoms with van der Waals surface area (Å²) in [7, 11) is 0. The normalized spacial score (nSPS) is 15.3. The standard InChI is InChI=1S/C35H23N3S/c1-35(2)28-15-9-10-16-31(28)38(23-11-5-4-6-12-23)34-29(35)20-32(39-34)22-17-18-26-27(19-22)24-13-7-8-14-25(24)33(26)30(21-36)37-3/h4-20H,1-2H3/b33-30-. The number of hydrogen-bond acceptors (Lipinski definition) is 3. The molecule has 0 spiro atoms. The van der Waals surface area contributed by atoms with Gasteiger partial charge < -0.3 is 4.90 Å². The minimum Gasteiger partial charge on any atom is -0.301 e. The highest BCUT2D eigenvalue weighted by molar-refractivity contribution is 7.19. The van der Waals surface area contributed by atoms with Gasteiger partial charge in [-0.2, -0.15) is 0 Å². The summed E-state index contributed by atoms with van der Waals surface area (Å²) in [5, 5.41) is 10.9. The Kier molecular flexibility index (Phi) is 5.10. The molecule has 0 saturated carbocycles. The molecule has 4 heteroatoms. The average Bonchev–Trinajstić information content (AvgIpc) is 3.56. The summed E-state index contributed by atoms with van der Waals surface area (Å²) in [6.45, 7) is 12.2. The molecule has 5 aromatic rings. The van der Waals surface area contributed by atoms with Gasteiger partial charge in [-0.15, -0.1) is 11.3 Å². The van der Waals surface area contributed by atoms with E-state index in [9.17, 15) is 5.26 Å². The molecule has 0 N–H and O–H groups in total. The van der Waals surface area contributed by atoms with Gasteiger partial charge in [0.15, 0.2) is 0 Å². The van der Waals surface area contributed by atoms with Crippen LogP contribution in [-0.4, -0.2) is 0 Å². The molecule has 0 atom stereocenters. The van der Waals surface area contributed by atoms with Crippen LogP contribution in [0, 0.1) is 17.9 Å². The summed E-state index contributed by atoms with van der Waals surface area (Å²) >= 11 is 1.81. The predicted octanol–water partition coefficient (Wildman–Crippen LogP) is 9.71. The second-order valence-corrected chi connectivity index (χ2v) is 11.4. The fourth-order valence-electron chi connectivity index (χ4n) is 6.03. The number of benzene rings is 4. The monoisotopic (exact) mass is 517 g/mol. The molecule has 1 aliphatic carbocycles. The Labute approximate surface area is 232 Å². The van der Waals surface area contributed by atoms with Gasteiger partial charge in [0.05, 0.1) is 18.3 Å². The van der Waals surface area contributed by atoms with Crippen molar-refractivity contribution in [1.82, 2.24) is 0 Å². The van der Waals surface area contributed by atoms with Crippen LogP contribution >= 0.6 is 11.3 Å². The minimum atomic E-state index is -0.150. The van der Waals surface area contributed by atoms with Crippen LogP contribution in [0.1, 0.15) is 36.1 Å². The molecule has 2 aliphatic rings. The maximum atomic E-state index is 9.68. The number of nitrogens with zero attached hydrogens (tertiary/aromatic N) is 3. The maximum absolute atomic E-state index is 9.68. The molecular formula is C35H23N3S. The minimum absolute atomic E-state index is 0.138. The number of hydrogen-bond donors (Lipinski definition) is 0. The quantitative estimate of drug-likeness (QED) is 0.169. The van der Waals surface area contributed by atoms with E-state index in [-0.39, 0.29) is 11.1 Å². The number of allylic oxidation sites excluding steroid dienone is 1. The maximum Gasteiger partial charge on any atom is 0.270 e. The van der Waals surface area contributed by atoms with Gasteiger partial charge in [-0.05, 0) is 69.3 Å². The van der Waals surface area contributed by atoms with Gasteiger partial charge in [0, 0.05) is 21.6 Å². The third kappa shape index (κ3) is 3.33. The molecule has 2 heterocycles. The van der Waals surface area contributed by atoms with E-state index in [2.05, 4.69) is 115 Å². The van der Waals surface area contributed by atoms with Crippen molar-refractivity contribution in [3.05, 3.63) is 142 Å². The van der Waals surface area contributed by atoms with Crippen molar-refractivity contribution < 1.29 is 0 Å². The second-order valence-electron chi connectivity index (χ2n) is 10.4. The molecule has 4 aromatic carbocycles. The fraction of sp³-hybridized carbons (Fsp3) is 0.0857. The van der Waals surface area contributed by atoms with Crippen molar-refractivity contribution in [2.45, 2.75) is 19.3 Å². The number of thiophene rings is 1. The number of rotatable bonds is 2. The van der Waals surface area contributed by atoms with Gasteiger partial charge in [0.25, 0.3) is 5.70 Å². The van der Waals surface area contributed by atoms with E-state index >= 15 is 0 Å². The zero-order chi connectivity index (χ0) is 26.7. The molecule has 0 amide bonds. The van der Waals surface area contributed by atoms with Crippen molar-refractivity contribution >= 4 is 33.3 Å². The van der Waals surface area contributed by atoms with Gasteiger partial charge in [-0.3, -0.25) is 0 Å². The van der Waals surface area contributed by atoms with Crippen LogP contribution in [-0.2, 0) is 5.41 Å². The zero-order valence-electron chi connectivity index (χ0n) is 21.6. The van der Waals surface area contributed by atoms with Crippen LogP contribution in [0.15, 0.2) is 109 Å². The van der Waals surface area contributed by atoms with E-state index in [0.29, 0.717) is 0 Å². The smallest absolute Gasteiger partial charge is 0.270 e. The zero-order valence-corrected chi connectivity index (χ0v) is 22.4. The molecule has 1 aliphatic heterocycles. The Hall–Kier alpha value is -4.90. The van der Waals surface area contributed by atoms with Gasteiger partial charge in [0.2, 0.25) is 0 Å². The molecule has 1 aromatic heterocycles. The summed E-state index contributed by atoms with van der Waals surface area (Å²) in [6, 6.07) is 38.3. The molecule has 39 heavy (non-hydrogen) atoms. The van der Waals surface area contributed by atoms with Crippen LogP contribution in [0.2, 0.25) is 0 Å². The second kappa shape index (κ2) is 8.57. The number of fused-ring (bicyclic) bond motifs is 5. The molecule has 0 bridgehead atoms. The van der Waals surface area contributed by atoms with Crippen molar-refractivity contribution in [3.8, 4) is 27.6 Å². The molecule has 0 fully saturated rings. The van der Waals surface area contributed by atoms with Crippen LogP contribution in [0.25, 0.3) is 32.0 Å². The van der Waals surface area contributed by atoms with Gasteiger partial charge in [0.1, 0.15) is 5.00 Å². The third-order valence-electron chi connectivity index (χ3n) is 7.94. The SMILES string of the molecule is [C-]#[N+]/C(C#N)=C1/c2ccccc2-c2cc(-c3cc4c(s3)N(c3ccccc3)c3ccccc3C4(C)C)ccc21. The molecule has 0 radical (unpaired) electrons. The average molecular weight is 518 g/mol. The summed E-state index contributed by atoms with van der Waals surface area (Å²) < 4.78 is 0. The Morgan fingerprint density at radius 2 is 1.49 bits per heavy atom.